The van der Waals surface area contributed by atoms with E-state index in [1.54, 1.807) is 12.1 Å². The average molecular weight is 336 g/mol. The van der Waals surface area contributed by atoms with Gasteiger partial charge in [-0.15, -0.1) is 0 Å². The zero-order valence-corrected chi connectivity index (χ0v) is 14.0. The van der Waals surface area contributed by atoms with Gasteiger partial charge in [0.2, 0.25) is 0 Å². The smallest absolute Gasteiger partial charge is 0.305 e. The molecule has 2 rings (SSSR count). The van der Waals surface area contributed by atoms with E-state index in [1.807, 2.05) is 6.92 Å². The van der Waals surface area contributed by atoms with E-state index in [0.29, 0.717) is 18.8 Å². The Morgan fingerprint density at radius 2 is 1.96 bits per heavy atom. The normalized spacial score (nSPS) is 15.9. The standard InChI is InChI=1S/C17H24N2O5/c1-2-23-17(20)4-3-11-18-12-9-16(10-13-18)24-15-7-5-14(6-8-15)19(21)22/h5-8,16H,2-4,9-13H2,1H3. The van der Waals surface area contributed by atoms with Crippen LogP contribution in [-0.2, 0) is 9.53 Å². The first kappa shape index (κ1) is 18.2. The molecule has 1 heterocycles. The molecular formula is C17H24N2O5. The summed E-state index contributed by atoms with van der Waals surface area (Å²) in [7, 11) is 0. The van der Waals surface area contributed by atoms with Crippen molar-refractivity contribution in [1.82, 2.24) is 4.90 Å². The number of benzene rings is 1. The maximum Gasteiger partial charge on any atom is 0.305 e. The third-order valence-electron chi connectivity index (χ3n) is 4.05. The highest BCUT2D eigenvalue weighted by Gasteiger charge is 2.20. The third-order valence-corrected chi connectivity index (χ3v) is 4.05. The molecule has 0 saturated carbocycles. The number of hydrogen-bond donors (Lipinski definition) is 0. The summed E-state index contributed by atoms with van der Waals surface area (Å²) in [5, 5.41) is 10.6. The topological polar surface area (TPSA) is 81.9 Å². The molecule has 1 aromatic carbocycles. The van der Waals surface area contributed by atoms with E-state index in [9.17, 15) is 14.9 Å². The second-order valence-electron chi connectivity index (χ2n) is 5.82. The van der Waals surface area contributed by atoms with Gasteiger partial charge in [-0.1, -0.05) is 0 Å². The van der Waals surface area contributed by atoms with E-state index in [4.69, 9.17) is 9.47 Å². The molecule has 1 saturated heterocycles. The van der Waals surface area contributed by atoms with Crippen LogP contribution in [0.15, 0.2) is 24.3 Å². The van der Waals surface area contributed by atoms with E-state index in [-0.39, 0.29) is 17.8 Å². The molecule has 1 fully saturated rings. The maximum atomic E-state index is 11.3. The lowest BCUT2D eigenvalue weighted by atomic mass is 10.1. The van der Waals surface area contributed by atoms with Gasteiger partial charge in [-0.25, -0.2) is 0 Å². The maximum absolute atomic E-state index is 11.3. The van der Waals surface area contributed by atoms with E-state index < -0.39 is 4.92 Å². The zero-order valence-electron chi connectivity index (χ0n) is 14.0. The van der Waals surface area contributed by atoms with Gasteiger partial charge in [-0.2, -0.15) is 0 Å². The van der Waals surface area contributed by atoms with Crippen LogP contribution in [0.25, 0.3) is 0 Å². The summed E-state index contributed by atoms with van der Waals surface area (Å²) in [6.45, 7) is 5.00. The van der Waals surface area contributed by atoms with Crippen molar-refractivity contribution in [2.45, 2.75) is 38.7 Å². The van der Waals surface area contributed by atoms with Gasteiger partial charge in [0.05, 0.1) is 11.5 Å². The van der Waals surface area contributed by atoms with Crippen LogP contribution in [0.4, 0.5) is 5.69 Å². The molecule has 24 heavy (non-hydrogen) atoms. The van der Waals surface area contributed by atoms with Crippen molar-refractivity contribution in [3.8, 4) is 5.75 Å². The minimum atomic E-state index is -0.418. The molecule has 0 spiro atoms. The predicted molar refractivity (Wildman–Crippen MR) is 89.1 cm³/mol. The molecule has 0 aromatic heterocycles. The lowest BCUT2D eigenvalue weighted by Gasteiger charge is -2.32. The highest BCUT2D eigenvalue weighted by molar-refractivity contribution is 5.69. The number of non-ortho nitro benzene ring substituents is 1. The third kappa shape index (κ3) is 5.81. The number of nitro groups is 1. The SMILES string of the molecule is CCOC(=O)CCCN1CCC(Oc2ccc([N+](=O)[O-])cc2)CC1. The molecule has 132 valence electrons. The van der Waals surface area contributed by atoms with Crippen molar-refractivity contribution in [3.05, 3.63) is 34.4 Å². The van der Waals surface area contributed by atoms with E-state index >= 15 is 0 Å². The molecule has 0 N–H and O–H groups in total. The molecule has 0 unspecified atom stereocenters. The summed E-state index contributed by atoms with van der Waals surface area (Å²) in [4.78, 5) is 23.8. The van der Waals surface area contributed by atoms with Crippen molar-refractivity contribution in [2.24, 2.45) is 0 Å². The first-order chi connectivity index (χ1) is 11.6. The van der Waals surface area contributed by atoms with Gasteiger partial charge < -0.3 is 14.4 Å². The van der Waals surface area contributed by atoms with E-state index in [0.717, 1.165) is 38.9 Å². The molecule has 0 radical (unpaired) electrons. The number of likely N-dealkylation sites (tertiary alicyclic amines) is 1. The van der Waals surface area contributed by atoms with E-state index in [2.05, 4.69) is 4.90 Å². The molecule has 7 nitrogen and oxygen atoms in total. The lowest BCUT2D eigenvalue weighted by molar-refractivity contribution is -0.384. The fourth-order valence-electron chi connectivity index (χ4n) is 2.77. The van der Waals surface area contributed by atoms with Crippen molar-refractivity contribution in [2.75, 3.05) is 26.2 Å². The van der Waals surface area contributed by atoms with Crippen LogP contribution >= 0.6 is 0 Å². The number of nitrogens with zero attached hydrogens (tertiary/aromatic N) is 2. The van der Waals surface area contributed by atoms with Gasteiger partial charge >= 0.3 is 5.97 Å². The monoisotopic (exact) mass is 336 g/mol. The minimum absolute atomic E-state index is 0.0683. The predicted octanol–water partition coefficient (Wildman–Crippen LogP) is 2.78. The molecule has 1 aliphatic rings. The van der Waals surface area contributed by atoms with Gasteiger partial charge in [-0.3, -0.25) is 14.9 Å². The molecule has 1 aromatic rings. The highest BCUT2D eigenvalue weighted by atomic mass is 16.6. The van der Waals surface area contributed by atoms with Crippen LogP contribution in [0, 0.1) is 10.1 Å². The second kappa shape index (κ2) is 9.22. The van der Waals surface area contributed by atoms with Crippen LogP contribution < -0.4 is 4.74 Å². The number of ether oxygens (including phenoxy) is 2. The Bertz CT molecular complexity index is 538. The Kier molecular flexibility index (Phi) is 6.99. The Morgan fingerprint density at radius 1 is 1.29 bits per heavy atom. The van der Waals surface area contributed by atoms with E-state index in [1.165, 1.54) is 12.1 Å². The fourth-order valence-corrected chi connectivity index (χ4v) is 2.77. The number of hydrogen-bond acceptors (Lipinski definition) is 6. The minimum Gasteiger partial charge on any atom is -0.490 e. The number of esters is 1. The van der Waals surface area contributed by atoms with Crippen LogP contribution in [0.1, 0.15) is 32.6 Å². The fraction of sp³-hybridized carbons (Fsp3) is 0.588. The lowest BCUT2D eigenvalue weighted by Crippen LogP contribution is -2.38. The Balaban J connectivity index is 1.67. The van der Waals surface area contributed by atoms with Crippen LogP contribution in [-0.4, -0.2) is 48.1 Å². The van der Waals surface area contributed by atoms with Gasteiger partial charge in [0.25, 0.3) is 5.69 Å². The number of carbonyl (C=O) groups is 1. The first-order valence-electron chi connectivity index (χ1n) is 8.37. The molecular weight excluding hydrogens is 312 g/mol. The Hall–Kier alpha value is -2.15. The summed E-state index contributed by atoms with van der Waals surface area (Å²) >= 11 is 0. The van der Waals surface area contributed by atoms with Crippen molar-refractivity contribution < 1.29 is 19.2 Å². The molecule has 7 heteroatoms. The van der Waals surface area contributed by atoms with Gasteiger partial charge in [0, 0.05) is 31.6 Å². The number of rotatable bonds is 8. The summed E-state index contributed by atoms with van der Waals surface area (Å²) in [5.41, 5.74) is 0.0683. The average Bonchev–Trinajstić information content (AvgIpc) is 2.57. The molecule has 1 aliphatic heterocycles. The zero-order chi connectivity index (χ0) is 17.4. The largest absolute Gasteiger partial charge is 0.490 e. The van der Waals surface area contributed by atoms with Crippen molar-refractivity contribution >= 4 is 11.7 Å². The molecule has 0 aliphatic carbocycles. The van der Waals surface area contributed by atoms with Crippen LogP contribution in [0.3, 0.4) is 0 Å². The number of carbonyl (C=O) groups excluding carboxylic acids is 1. The summed E-state index contributed by atoms with van der Waals surface area (Å²) in [5.74, 6) is 0.537. The van der Waals surface area contributed by atoms with Gasteiger partial charge in [0.1, 0.15) is 11.9 Å². The Morgan fingerprint density at radius 3 is 2.54 bits per heavy atom. The van der Waals surface area contributed by atoms with Crippen LogP contribution in [0.2, 0.25) is 0 Å². The highest BCUT2D eigenvalue weighted by Crippen LogP contribution is 2.22. The van der Waals surface area contributed by atoms with Gasteiger partial charge in [-0.05, 0) is 44.9 Å². The van der Waals surface area contributed by atoms with Crippen molar-refractivity contribution in [1.29, 1.82) is 0 Å². The Labute approximate surface area is 141 Å². The summed E-state index contributed by atoms with van der Waals surface area (Å²) < 4.78 is 10.8. The first-order valence-corrected chi connectivity index (χ1v) is 8.37. The quantitative estimate of drug-likeness (QED) is 0.412. The second-order valence-corrected chi connectivity index (χ2v) is 5.82. The summed E-state index contributed by atoms with van der Waals surface area (Å²) in [6.07, 6.45) is 3.24. The molecule has 0 amide bonds. The summed E-state index contributed by atoms with van der Waals surface area (Å²) in [6, 6.07) is 6.20. The molecule has 0 atom stereocenters. The van der Waals surface area contributed by atoms with Crippen molar-refractivity contribution in [3.63, 3.8) is 0 Å². The molecule has 0 bridgehead atoms. The van der Waals surface area contributed by atoms with Gasteiger partial charge in [0.15, 0.2) is 0 Å². The van der Waals surface area contributed by atoms with Crippen LogP contribution in [0.5, 0.6) is 5.75 Å². The number of nitro benzene ring substituents is 1. The number of piperidine rings is 1.